The molecule has 3 rings (SSSR count). The summed E-state index contributed by atoms with van der Waals surface area (Å²) in [4.78, 5) is 28.5. The molecule has 0 radical (unpaired) electrons. The van der Waals surface area contributed by atoms with E-state index in [9.17, 15) is 9.59 Å². The number of pyridine rings is 1. The second kappa shape index (κ2) is 7.53. The fourth-order valence-electron chi connectivity index (χ4n) is 2.60. The molecule has 130 valence electrons. The molecule has 1 heterocycles. The molecule has 2 aromatic rings. The number of carbonyl (C=O) groups excluding carboxylic acids is 2. The first kappa shape index (κ1) is 17.2. The minimum absolute atomic E-state index is 0.123. The monoisotopic (exact) mass is 359 g/mol. The predicted molar refractivity (Wildman–Crippen MR) is 94.3 cm³/mol. The topological polar surface area (TPSA) is 80.3 Å². The van der Waals surface area contributed by atoms with Gasteiger partial charge in [0.15, 0.2) is 0 Å². The summed E-state index contributed by atoms with van der Waals surface area (Å²) in [5.41, 5.74) is 1.42. The molecule has 2 unspecified atom stereocenters. The highest BCUT2D eigenvalue weighted by atomic mass is 35.5. The van der Waals surface area contributed by atoms with Crippen LogP contribution >= 0.6 is 11.6 Å². The van der Waals surface area contributed by atoms with Crippen molar-refractivity contribution >= 4 is 29.1 Å². The van der Waals surface area contributed by atoms with Gasteiger partial charge in [-0.15, -0.1) is 0 Å². The quantitative estimate of drug-likeness (QED) is 0.830. The van der Waals surface area contributed by atoms with Crippen molar-refractivity contribution in [3.8, 4) is 5.75 Å². The van der Waals surface area contributed by atoms with E-state index >= 15 is 0 Å². The van der Waals surface area contributed by atoms with Crippen LogP contribution < -0.4 is 15.4 Å². The molecule has 25 heavy (non-hydrogen) atoms. The molecule has 1 aliphatic rings. The molecule has 1 aromatic heterocycles. The maximum Gasteiger partial charge on any atom is 0.228 e. The molecule has 2 atom stereocenters. The van der Waals surface area contributed by atoms with E-state index in [0.717, 1.165) is 5.56 Å². The first-order chi connectivity index (χ1) is 12.1. The number of nitrogens with one attached hydrogen (secondary N) is 2. The highest BCUT2D eigenvalue weighted by molar-refractivity contribution is 6.31. The Labute approximate surface area is 150 Å². The third-order valence-electron chi connectivity index (χ3n) is 4.07. The number of rotatable bonds is 6. The fourth-order valence-corrected chi connectivity index (χ4v) is 2.77. The van der Waals surface area contributed by atoms with Crippen LogP contribution in [-0.4, -0.2) is 23.9 Å². The number of benzene rings is 1. The van der Waals surface area contributed by atoms with Crippen LogP contribution in [0.1, 0.15) is 12.0 Å². The maximum absolute atomic E-state index is 12.3. The van der Waals surface area contributed by atoms with Gasteiger partial charge in [-0.3, -0.25) is 14.6 Å². The molecule has 0 aliphatic heterocycles. The number of methoxy groups -OCH3 is 1. The number of anilines is 1. The van der Waals surface area contributed by atoms with Gasteiger partial charge in [-0.05, 0) is 36.2 Å². The first-order valence-corrected chi connectivity index (χ1v) is 8.27. The van der Waals surface area contributed by atoms with E-state index in [0.29, 0.717) is 29.4 Å². The van der Waals surface area contributed by atoms with Gasteiger partial charge in [0.25, 0.3) is 0 Å². The molecule has 6 nitrogen and oxygen atoms in total. The van der Waals surface area contributed by atoms with Gasteiger partial charge in [0.1, 0.15) is 5.75 Å². The maximum atomic E-state index is 12.3. The molecule has 2 amide bonds. The van der Waals surface area contributed by atoms with Crippen LogP contribution in [-0.2, 0) is 16.1 Å². The van der Waals surface area contributed by atoms with Gasteiger partial charge in [-0.1, -0.05) is 17.7 Å². The second-order valence-corrected chi connectivity index (χ2v) is 6.30. The van der Waals surface area contributed by atoms with Crippen LogP contribution in [0.4, 0.5) is 5.69 Å². The van der Waals surface area contributed by atoms with Gasteiger partial charge in [0.2, 0.25) is 11.8 Å². The number of nitrogens with zero attached hydrogens (tertiary/aromatic N) is 1. The third-order valence-corrected chi connectivity index (χ3v) is 4.31. The smallest absolute Gasteiger partial charge is 0.228 e. The lowest BCUT2D eigenvalue weighted by atomic mass is 10.2. The number of carbonyl (C=O) groups is 2. The molecule has 1 aliphatic carbocycles. The van der Waals surface area contributed by atoms with Gasteiger partial charge >= 0.3 is 0 Å². The van der Waals surface area contributed by atoms with Crippen molar-refractivity contribution < 1.29 is 14.3 Å². The average molecular weight is 360 g/mol. The Kier molecular flexibility index (Phi) is 5.19. The van der Waals surface area contributed by atoms with Gasteiger partial charge in [0.05, 0.1) is 24.6 Å². The number of aromatic nitrogens is 1. The van der Waals surface area contributed by atoms with Crippen LogP contribution in [0.25, 0.3) is 0 Å². The van der Waals surface area contributed by atoms with E-state index in [1.807, 2.05) is 12.1 Å². The first-order valence-electron chi connectivity index (χ1n) is 7.89. The summed E-state index contributed by atoms with van der Waals surface area (Å²) in [6.45, 7) is 0.402. The summed E-state index contributed by atoms with van der Waals surface area (Å²) in [5.74, 6) is -0.445. The van der Waals surface area contributed by atoms with Crippen LogP contribution in [0.2, 0.25) is 5.02 Å². The Morgan fingerprint density at radius 3 is 2.80 bits per heavy atom. The zero-order valence-electron chi connectivity index (χ0n) is 13.7. The normalized spacial score (nSPS) is 18.3. The van der Waals surface area contributed by atoms with Crippen LogP contribution in [0, 0.1) is 11.8 Å². The molecule has 0 spiro atoms. The largest absolute Gasteiger partial charge is 0.495 e. The molecule has 1 aromatic carbocycles. The number of hydrogen-bond acceptors (Lipinski definition) is 4. The molecule has 0 bridgehead atoms. The van der Waals surface area contributed by atoms with Crippen molar-refractivity contribution in [2.45, 2.75) is 13.0 Å². The Balaban J connectivity index is 1.53. The zero-order chi connectivity index (χ0) is 17.8. The van der Waals surface area contributed by atoms with Crippen molar-refractivity contribution in [2.75, 3.05) is 12.4 Å². The van der Waals surface area contributed by atoms with E-state index in [4.69, 9.17) is 16.3 Å². The van der Waals surface area contributed by atoms with Crippen molar-refractivity contribution in [1.29, 1.82) is 0 Å². The van der Waals surface area contributed by atoms with Gasteiger partial charge < -0.3 is 15.4 Å². The van der Waals surface area contributed by atoms with Gasteiger partial charge in [-0.2, -0.15) is 0 Å². The SMILES string of the molecule is COc1ccc(Cl)cc1NC(=O)C1CC1C(=O)NCc1cccnc1. The Bertz CT molecular complexity index is 782. The second-order valence-electron chi connectivity index (χ2n) is 5.86. The Hall–Kier alpha value is -2.60. The van der Waals surface area contributed by atoms with Crippen LogP contribution in [0.3, 0.4) is 0 Å². The lowest BCUT2D eigenvalue weighted by Gasteiger charge is -2.10. The van der Waals surface area contributed by atoms with Gasteiger partial charge in [0, 0.05) is 24.0 Å². The van der Waals surface area contributed by atoms with E-state index in [1.54, 1.807) is 30.6 Å². The van der Waals surface area contributed by atoms with E-state index in [-0.39, 0.29) is 23.7 Å². The molecule has 1 saturated carbocycles. The number of hydrogen-bond donors (Lipinski definition) is 2. The molecule has 7 heteroatoms. The lowest BCUT2D eigenvalue weighted by molar-refractivity contribution is -0.125. The highest BCUT2D eigenvalue weighted by Gasteiger charge is 2.48. The van der Waals surface area contributed by atoms with Crippen molar-refractivity contribution in [3.05, 3.63) is 53.3 Å². The summed E-state index contributed by atoms with van der Waals surface area (Å²) >= 11 is 5.95. The van der Waals surface area contributed by atoms with Crippen molar-refractivity contribution in [1.82, 2.24) is 10.3 Å². The van der Waals surface area contributed by atoms with E-state index < -0.39 is 0 Å². The summed E-state index contributed by atoms with van der Waals surface area (Å²) in [6, 6.07) is 8.69. The summed E-state index contributed by atoms with van der Waals surface area (Å²) in [7, 11) is 1.52. The molecule has 1 fully saturated rings. The Morgan fingerprint density at radius 1 is 1.28 bits per heavy atom. The zero-order valence-corrected chi connectivity index (χ0v) is 14.4. The van der Waals surface area contributed by atoms with Crippen molar-refractivity contribution in [2.24, 2.45) is 11.8 Å². The summed E-state index contributed by atoms with van der Waals surface area (Å²) in [5, 5.41) is 6.12. The number of halogens is 1. The highest BCUT2D eigenvalue weighted by Crippen LogP contribution is 2.40. The number of ether oxygens (including phenoxy) is 1. The van der Waals surface area contributed by atoms with Gasteiger partial charge in [-0.25, -0.2) is 0 Å². The average Bonchev–Trinajstić information content (AvgIpc) is 3.42. The van der Waals surface area contributed by atoms with Crippen molar-refractivity contribution in [3.63, 3.8) is 0 Å². The van der Waals surface area contributed by atoms with E-state index in [2.05, 4.69) is 15.6 Å². The minimum Gasteiger partial charge on any atom is -0.495 e. The third kappa shape index (κ3) is 4.28. The molecular formula is C18H18ClN3O3. The van der Waals surface area contributed by atoms with Crippen LogP contribution in [0.5, 0.6) is 5.75 Å². The molecular weight excluding hydrogens is 342 g/mol. The lowest BCUT2D eigenvalue weighted by Crippen LogP contribution is -2.27. The standard InChI is InChI=1S/C18H18ClN3O3/c1-25-16-5-4-12(19)7-15(16)22-18(24)14-8-13(14)17(23)21-10-11-3-2-6-20-9-11/h2-7,9,13-14H,8,10H2,1H3,(H,21,23)(H,22,24). The van der Waals surface area contributed by atoms with Crippen LogP contribution in [0.15, 0.2) is 42.7 Å². The minimum atomic E-state index is -0.336. The Morgan fingerprint density at radius 2 is 2.08 bits per heavy atom. The summed E-state index contributed by atoms with van der Waals surface area (Å²) < 4.78 is 5.20. The summed E-state index contributed by atoms with van der Waals surface area (Å²) in [6.07, 6.45) is 3.91. The molecule has 2 N–H and O–H groups in total. The molecule has 0 saturated heterocycles. The fraction of sp³-hybridized carbons (Fsp3) is 0.278. The van der Waals surface area contributed by atoms with E-state index in [1.165, 1.54) is 7.11 Å². The number of amides is 2. The predicted octanol–water partition coefficient (Wildman–Crippen LogP) is 2.63.